The predicted molar refractivity (Wildman–Crippen MR) is 44.5 cm³/mol. The molecule has 1 amide bonds. The van der Waals surface area contributed by atoms with Crippen LogP contribution in [0.3, 0.4) is 0 Å². The molecular formula is C6H7N7O2. The molecule has 0 aromatic carbocycles. The number of aromatic nitrogens is 6. The summed E-state index contributed by atoms with van der Waals surface area (Å²) < 4.78 is 4.53. The third kappa shape index (κ3) is 2.33. The molecule has 15 heavy (non-hydrogen) atoms. The van der Waals surface area contributed by atoms with Gasteiger partial charge in [-0.25, -0.2) is 0 Å². The molecule has 0 saturated heterocycles. The highest BCUT2D eigenvalue weighted by Crippen LogP contribution is 1.89. The number of H-pyrrole nitrogens is 1. The Hall–Kier alpha value is -2.32. The third-order valence-corrected chi connectivity index (χ3v) is 1.59. The van der Waals surface area contributed by atoms with E-state index in [2.05, 4.69) is 40.6 Å². The molecule has 0 aliphatic rings. The molecule has 78 valence electrons. The van der Waals surface area contributed by atoms with Gasteiger partial charge in [0.05, 0.1) is 0 Å². The number of rotatable bonds is 4. The van der Waals surface area contributed by atoms with Gasteiger partial charge in [0.15, 0.2) is 5.82 Å². The number of carbonyl (C=O) groups excluding carboxylic acids is 1. The van der Waals surface area contributed by atoms with Crippen LogP contribution in [-0.2, 0) is 6.42 Å². The second kappa shape index (κ2) is 4.26. The number of nitrogens with one attached hydrogen (secondary N) is 2. The minimum Gasteiger partial charge on any atom is -0.349 e. The Morgan fingerprint density at radius 3 is 3.20 bits per heavy atom. The lowest BCUT2D eigenvalue weighted by Crippen LogP contribution is -2.27. The van der Waals surface area contributed by atoms with Crippen molar-refractivity contribution in [1.29, 1.82) is 0 Å². The first kappa shape index (κ1) is 9.24. The van der Waals surface area contributed by atoms with Crippen LogP contribution in [0.25, 0.3) is 0 Å². The molecule has 0 atom stereocenters. The van der Waals surface area contributed by atoms with Crippen molar-refractivity contribution < 1.29 is 9.32 Å². The summed E-state index contributed by atoms with van der Waals surface area (Å²) >= 11 is 0. The Bertz CT molecular complexity index is 409. The van der Waals surface area contributed by atoms with E-state index in [4.69, 9.17) is 0 Å². The Morgan fingerprint density at radius 1 is 1.60 bits per heavy atom. The van der Waals surface area contributed by atoms with Crippen molar-refractivity contribution in [2.75, 3.05) is 6.54 Å². The normalized spacial score (nSPS) is 10.1. The van der Waals surface area contributed by atoms with Gasteiger partial charge in [0.2, 0.25) is 6.39 Å². The van der Waals surface area contributed by atoms with E-state index in [1.807, 2.05) is 0 Å². The SMILES string of the molecule is O=C(NCCc1ncon1)c1nn[nH]n1. The van der Waals surface area contributed by atoms with Crippen molar-refractivity contribution in [3.05, 3.63) is 18.0 Å². The first-order valence-electron chi connectivity index (χ1n) is 4.13. The Morgan fingerprint density at radius 2 is 2.53 bits per heavy atom. The molecule has 0 aliphatic carbocycles. The lowest BCUT2D eigenvalue weighted by Gasteiger charge is -1.97. The number of amides is 1. The molecule has 2 rings (SSSR count). The fourth-order valence-corrected chi connectivity index (χ4v) is 0.927. The summed E-state index contributed by atoms with van der Waals surface area (Å²) in [7, 11) is 0. The highest BCUT2D eigenvalue weighted by Gasteiger charge is 2.09. The summed E-state index contributed by atoms with van der Waals surface area (Å²) in [6, 6.07) is 0. The van der Waals surface area contributed by atoms with E-state index in [-0.39, 0.29) is 5.82 Å². The number of nitrogens with zero attached hydrogens (tertiary/aromatic N) is 5. The predicted octanol–water partition coefficient (Wildman–Crippen LogP) is -1.44. The van der Waals surface area contributed by atoms with Gasteiger partial charge in [0, 0.05) is 13.0 Å². The van der Waals surface area contributed by atoms with Crippen molar-refractivity contribution in [3.63, 3.8) is 0 Å². The van der Waals surface area contributed by atoms with Gasteiger partial charge in [-0.1, -0.05) is 5.16 Å². The lowest BCUT2D eigenvalue weighted by atomic mass is 10.4. The van der Waals surface area contributed by atoms with Crippen LogP contribution in [0, 0.1) is 0 Å². The van der Waals surface area contributed by atoms with Gasteiger partial charge in [0.1, 0.15) is 0 Å². The second-order valence-corrected chi connectivity index (χ2v) is 2.59. The highest BCUT2D eigenvalue weighted by molar-refractivity contribution is 5.89. The van der Waals surface area contributed by atoms with Gasteiger partial charge in [-0.15, -0.1) is 10.2 Å². The zero-order valence-corrected chi connectivity index (χ0v) is 7.54. The summed E-state index contributed by atoms with van der Waals surface area (Å²) in [6.07, 6.45) is 1.72. The zero-order valence-electron chi connectivity index (χ0n) is 7.54. The van der Waals surface area contributed by atoms with Gasteiger partial charge in [-0.3, -0.25) is 4.79 Å². The fourth-order valence-electron chi connectivity index (χ4n) is 0.927. The molecule has 2 heterocycles. The Labute approximate surface area is 83.3 Å². The fraction of sp³-hybridized carbons (Fsp3) is 0.333. The van der Waals surface area contributed by atoms with Crippen molar-refractivity contribution in [3.8, 4) is 0 Å². The summed E-state index contributed by atoms with van der Waals surface area (Å²) in [5.74, 6) is 0.138. The smallest absolute Gasteiger partial charge is 0.292 e. The van der Waals surface area contributed by atoms with Crippen LogP contribution in [0.4, 0.5) is 0 Å². The molecule has 0 bridgehead atoms. The summed E-state index contributed by atoms with van der Waals surface area (Å²) in [5, 5.41) is 18.7. The standard InChI is InChI=1S/C6H7N7O2/c14-6(5-9-12-13-10-5)7-2-1-4-8-3-15-11-4/h3H,1-2H2,(H,7,14)(H,9,10,12,13). The molecule has 2 N–H and O–H groups in total. The van der Waals surface area contributed by atoms with Crippen LogP contribution in [-0.4, -0.2) is 43.2 Å². The minimum absolute atomic E-state index is 0.00288. The van der Waals surface area contributed by atoms with Crippen LogP contribution in [0.2, 0.25) is 0 Å². The molecule has 9 nitrogen and oxygen atoms in total. The number of tetrazole rings is 1. The monoisotopic (exact) mass is 209 g/mol. The van der Waals surface area contributed by atoms with Gasteiger partial charge < -0.3 is 9.84 Å². The van der Waals surface area contributed by atoms with Gasteiger partial charge in [-0.05, 0) is 5.21 Å². The summed E-state index contributed by atoms with van der Waals surface area (Å²) in [5.41, 5.74) is 0. The quantitative estimate of drug-likeness (QED) is 0.631. The largest absolute Gasteiger partial charge is 0.349 e. The lowest BCUT2D eigenvalue weighted by molar-refractivity contribution is 0.0943. The van der Waals surface area contributed by atoms with Crippen molar-refractivity contribution in [1.82, 2.24) is 36.1 Å². The number of hydrogen-bond donors (Lipinski definition) is 2. The minimum atomic E-state index is -0.396. The maximum absolute atomic E-state index is 11.3. The Balaban J connectivity index is 1.77. The van der Waals surface area contributed by atoms with Crippen LogP contribution in [0.1, 0.15) is 16.4 Å². The Kier molecular flexibility index (Phi) is 2.63. The van der Waals surface area contributed by atoms with E-state index in [0.717, 1.165) is 0 Å². The van der Waals surface area contributed by atoms with Gasteiger partial charge in [0.25, 0.3) is 11.7 Å². The van der Waals surface area contributed by atoms with E-state index in [1.165, 1.54) is 6.39 Å². The number of carbonyl (C=O) groups is 1. The molecule has 9 heteroatoms. The number of aromatic amines is 1. The molecule has 2 aromatic heterocycles. The molecule has 2 aromatic rings. The molecule has 0 spiro atoms. The molecular weight excluding hydrogens is 202 g/mol. The van der Waals surface area contributed by atoms with E-state index < -0.39 is 5.91 Å². The molecule has 0 fully saturated rings. The third-order valence-electron chi connectivity index (χ3n) is 1.59. The van der Waals surface area contributed by atoms with Crippen molar-refractivity contribution in [2.24, 2.45) is 0 Å². The average molecular weight is 209 g/mol. The van der Waals surface area contributed by atoms with Crippen LogP contribution >= 0.6 is 0 Å². The summed E-state index contributed by atoms with van der Waals surface area (Å²) in [6.45, 7) is 0.382. The number of hydrogen-bond acceptors (Lipinski definition) is 7. The molecule has 0 radical (unpaired) electrons. The highest BCUT2D eigenvalue weighted by atomic mass is 16.5. The maximum Gasteiger partial charge on any atom is 0.292 e. The average Bonchev–Trinajstić information content (AvgIpc) is 2.90. The van der Waals surface area contributed by atoms with Gasteiger partial charge in [-0.2, -0.15) is 10.2 Å². The first-order chi connectivity index (χ1) is 7.36. The first-order valence-corrected chi connectivity index (χ1v) is 4.13. The van der Waals surface area contributed by atoms with E-state index in [9.17, 15) is 4.79 Å². The summed E-state index contributed by atoms with van der Waals surface area (Å²) in [4.78, 5) is 15.1. The van der Waals surface area contributed by atoms with E-state index in [1.54, 1.807) is 0 Å². The second-order valence-electron chi connectivity index (χ2n) is 2.59. The van der Waals surface area contributed by atoms with Crippen LogP contribution in [0.15, 0.2) is 10.9 Å². The van der Waals surface area contributed by atoms with E-state index >= 15 is 0 Å². The zero-order chi connectivity index (χ0) is 10.5. The molecule has 0 unspecified atom stereocenters. The maximum atomic E-state index is 11.3. The molecule has 0 aliphatic heterocycles. The van der Waals surface area contributed by atoms with E-state index in [0.29, 0.717) is 18.8 Å². The molecule has 0 saturated carbocycles. The van der Waals surface area contributed by atoms with Crippen LogP contribution < -0.4 is 5.32 Å². The van der Waals surface area contributed by atoms with Crippen molar-refractivity contribution in [2.45, 2.75) is 6.42 Å². The topological polar surface area (TPSA) is 122 Å². The van der Waals surface area contributed by atoms with Crippen LogP contribution in [0.5, 0.6) is 0 Å². The van der Waals surface area contributed by atoms with Gasteiger partial charge >= 0.3 is 0 Å². The van der Waals surface area contributed by atoms with Crippen molar-refractivity contribution >= 4 is 5.91 Å².